The van der Waals surface area contributed by atoms with Crippen molar-refractivity contribution in [2.45, 2.75) is 31.9 Å². The van der Waals surface area contributed by atoms with Gasteiger partial charge in [-0.05, 0) is 43.0 Å². The number of benzene rings is 2. The van der Waals surface area contributed by atoms with E-state index in [1.807, 2.05) is 37.3 Å². The van der Waals surface area contributed by atoms with Gasteiger partial charge in [0, 0.05) is 13.1 Å². The maximum absolute atomic E-state index is 10.8. The van der Waals surface area contributed by atoms with E-state index in [0.717, 1.165) is 31.5 Å². The molecule has 0 saturated heterocycles. The van der Waals surface area contributed by atoms with Crippen molar-refractivity contribution in [1.82, 2.24) is 4.90 Å². The van der Waals surface area contributed by atoms with Crippen molar-refractivity contribution in [3.63, 3.8) is 0 Å². The topological polar surface area (TPSA) is 23.5 Å². The lowest BCUT2D eigenvalue weighted by atomic mass is 9.95. The molecule has 2 heteroatoms. The van der Waals surface area contributed by atoms with Crippen LogP contribution in [0.25, 0.3) is 0 Å². The number of hydrogen-bond donors (Lipinski definition) is 1. The highest BCUT2D eigenvalue weighted by Crippen LogP contribution is 2.25. The average Bonchev–Trinajstić information content (AvgIpc) is 2.69. The van der Waals surface area contributed by atoms with Crippen LogP contribution in [-0.2, 0) is 18.6 Å². The molecule has 0 spiro atoms. The molecule has 2 aromatic rings. The van der Waals surface area contributed by atoms with Crippen LogP contribution in [0.2, 0.25) is 0 Å². The van der Waals surface area contributed by atoms with E-state index in [0.29, 0.717) is 6.54 Å². The van der Waals surface area contributed by atoms with Crippen LogP contribution in [0, 0.1) is 0 Å². The fourth-order valence-electron chi connectivity index (χ4n) is 3.23. The quantitative estimate of drug-likeness (QED) is 0.932. The maximum atomic E-state index is 10.8. The fraction of sp³-hybridized carbons (Fsp3) is 0.368. The van der Waals surface area contributed by atoms with E-state index >= 15 is 0 Å². The first-order chi connectivity index (χ1) is 10.1. The Morgan fingerprint density at radius 2 is 1.67 bits per heavy atom. The van der Waals surface area contributed by atoms with Crippen LogP contribution in [0.5, 0.6) is 0 Å². The lowest BCUT2D eigenvalue weighted by Gasteiger charge is -2.31. The van der Waals surface area contributed by atoms with Crippen molar-refractivity contribution in [3.8, 4) is 0 Å². The SMILES string of the molecule is CC(O)(CN1CCCc2ccccc2C1)c1ccccc1. The normalized spacial score (nSPS) is 18.6. The average molecular weight is 281 g/mol. The zero-order chi connectivity index (χ0) is 14.7. The molecule has 1 unspecified atom stereocenters. The van der Waals surface area contributed by atoms with Crippen LogP contribution < -0.4 is 0 Å². The Hall–Kier alpha value is -1.64. The third-order valence-electron chi connectivity index (χ3n) is 4.36. The van der Waals surface area contributed by atoms with Gasteiger partial charge in [-0.2, -0.15) is 0 Å². The molecule has 1 heterocycles. The Morgan fingerprint density at radius 3 is 2.43 bits per heavy atom. The van der Waals surface area contributed by atoms with Crippen LogP contribution in [-0.4, -0.2) is 23.1 Å². The third kappa shape index (κ3) is 3.34. The zero-order valence-electron chi connectivity index (χ0n) is 12.6. The van der Waals surface area contributed by atoms with Gasteiger partial charge in [0.2, 0.25) is 0 Å². The molecule has 1 aliphatic rings. The second-order valence-electron chi connectivity index (χ2n) is 6.22. The first-order valence-electron chi connectivity index (χ1n) is 7.72. The van der Waals surface area contributed by atoms with Gasteiger partial charge in [-0.1, -0.05) is 54.6 Å². The van der Waals surface area contributed by atoms with Crippen molar-refractivity contribution in [1.29, 1.82) is 0 Å². The summed E-state index contributed by atoms with van der Waals surface area (Å²) in [7, 11) is 0. The molecule has 1 N–H and O–H groups in total. The van der Waals surface area contributed by atoms with E-state index in [9.17, 15) is 5.11 Å². The van der Waals surface area contributed by atoms with Crippen molar-refractivity contribution < 1.29 is 5.11 Å². The second kappa shape index (κ2) is 6.00. The number of hydrogen-bond acceptors (Lipinski definition) is 2. The van der Waals surface area contributed by atoms with Gasteiger partial charge in [0.25, 0.3) is 0 Å². The fourth-order valence-corrected chi connectivity index (χ4v) is 3.23. The van der Waals surface area contributed by atoms with Crippen LogP contribution >= 0.6 is 0 Å². The third-order valence-corrected chi connectivity index (χ3v) is 4.36. The van der Waals surface area contributed by atoms with Crippen LogP contribution in [0.4, 0.5) is 0 Å². The molecule has 110 valence electrons. The van der Waals surface area contributed by atoms with Gasteiger partial charge in [-0.3, -0.25) is 4.90 Å². The van der Waals surface area contributed by atoms with Crippen molar-refractivity contribution in [2.75, 3.05) is 13.1 Å². The monoisotopic (exact) mass is 281 g/mol. The molecule has 0 aromatic heterocycles. The molecule has 3 rings (SSSR count). The predicted molar refractivity (Wildman–Crippen MR) is 86.1 cm³/mol. The number of nitrogens with zero attached hydrogens (tertiary/aromatic N) is 1. The number of fused-ring (bicyclic) bond motifs is 1. The van der Waals surface area contributed by atoms with Gasteiger partial charge < -0.3 is 5.11 Å². The first-order valence-corrected chi connectivity index (χ1v) is 7.72. The predicted octanol–water partition coefficient (Wildman–Crippen LogP) is 3.34. The van der Waals surface area contributed by atoms with Crippen molar-refractivity contribution in [2.24, 2.45) is 0 Å². The summed E-state index contributed by atoms with van der Waals surface area (Å²) in [5, 5.41) is 10.8. The Kier molecular flexibility index (Phi) is 4.09. The molecule has 2 nitrogen and oxygen atoms in total. The molecule has 1 atom stereocenters. The Labute approximate surface area is 127 Å². The number of aliphatic hydroxyl groups is 1. The molecule has 2 aromatic carbocycles. The Bertz CT molecular complexity index is 592. The summed E-state index contributed by atoms with van der Waals surface area (Å²) >= 11 is 0. The molecule has 0 bridgehead atoms. The van der Waals surface area contributed by atoms with Gasteiger partial charge in [-0.15, -0.1) is 0 Å². The van der Waals surface area contributed by atoms with Gasteiger partial charge in [0.1, 0.15) is 0 Å². The van der Waals surface area contributed by atoms with Crippen LogP contribution in [0.15, 0.2) is 54.6 Å². The second-order valence-corrected chi connectivity index (χ2v) is 6.22. The Morgan fingerprint density at radius 1 is 1.00 bits per heavy atom. The van der Waals surface area contributed by atoms with Crippen LogP contribution in [0.1, 0.15) is 30.0 Å². The van der Waals surface area contributed by atoms with Gasteiger partial charge in [0.05, 0.1) is 5.60 Å². The lowest BCUT2D eigenvalue weighted by Crippen LogP contribution is -2.38. The summed E-state index contributed by atoms with van der Waals surface area (Å²) in [6.45, 7) is 4.56. The summed E-state index contributed by atoms with van der Waals surface area (Å²) in [6.07, 6.45) is 2.29. The molecule has 0 saturated carbocycles. The first kappa shape index (κ1) is 14.3. The number of rotatable bonds is 3. The summed E-state index contributed by atoms with van der Waals surface area (Å²) in [5.74, 6) is 0. The van der Waals surface area contributed by atoms with E-state index in [-0.39, 0.29) is 0 Å². The van der Waals surface area contributed by atoms with E-state index < -0.39 is 5.60 Å². The summed E-state index contributed by atoms with van der Waals surface area (Å²) in [6, 6.07) is 18.6. The number of β-amino-alcohol motifs (C(OH)–C–C–N with tert-alkyl or cyclic N) is 1. The van der Waals surface area contributed by atoms with E-state index in [2.05, 4.69) is 29.2 Å². The van der Waals surface area contributed by atoms with Gasteiger partial charge in [0.15, 0.2) is 0 Å². The summed E-state index contributed by atoms with van der Waals surface area (Å²) < 4.78 is 0. The molecule has 21 heavy (non-hydrogen) atoms. The molecule has 0 fully saturated rings. The minimum atomic E-state index is -0.805. The van der Waals surface area contributed by atoms with Crippen molar-refractivity contribution >= 4 is 0 Å². The zero-order valence-corrected chi connectivity index (χ0v) is 12.6. The minimum absolute atomic E-state index is 0.672. The maximum Gasteiger partial charge on any atom is 0.0994 e. The highest BCUT2D eigenvalue weighted by atomic mass is 16.3. The molecular weight excluding hydrogens is 258 g/mol. The lowest BCUT2D eigenvalue weighted by molar-refractivity contribution is 0.0137. The summed E-state index contributed by atoms with van der Waals surface area (Å²) in [4.78, 5) is 2.37. The van der Waals surface area contributed by atoms with Crippen LogP contribution in [0.3, 0.4) is 0 Å². The molecule has 0 amide bonds. The molecule has 0 radical (unpaired) electrons. The van der Waals surface area contributed by atoms with Gasteiger partial charge >= 0.3 is 0 Å². The smallest absolute Gasteiger partial charge is 0.0994 e. The highest BCUT2D eigenvalue weighted by molar-refractivity contribution is 5.28. The van der Waals surface area contributed by atoms with E-state index in [4.69, 9.17) is 0 Å². The molecule has 1 aliphatic heterocycles. The molecule has 0 aliphatic carbocycles. The van der Waals surface area contributed by atoms with E-state index in [1.165, 1.54) is 11.1 Å². The summed E-state index contributed by atoms with van der Waals surface area (Å²) in [5.41, 5.74) is 3.04. The highest BCUT2D eigenvalue weighted by Gasteiger charge is 2.27. The van der Waals surface area contributed by atoms with E-state index in [1.54, 1.807) is 0 Å². The number of aryl methyl sites for hydroxylation is 1. The largest absolute Gasteiger partial charge is 0.384 e. The molecular formula is C19H23NO. The van der Waals surface area contributed by atoms with Crippen molar-refractivity contribution in [3.05, 3.63) is 71.3 Å². The minimum Gasteiger partial charge on any atom is -0.384 e. The van der Waals surface area contributed by atoms with Gasteiger partial charge in [-0.25, -0.2) is 0 Å². The standard InChI is InChI=1S/C19H23NO/c1-19(21,18-11-3-2-4-12-18)15-20-13-7-10-16-8-5-6-9-17(16)14-20/h2-6,8-9,11-12,21H,7,10,13-15H2,1H3. The Balaban J connectivity index is 1.76.